The highest BCUT2D eigenvalue weighted by atomic mass is 16.3. The number of benzene rings is 1. The molecule has 0 aliphatic heterocycles. The zero-order chi connectivity index (χ0) is 18.7. The molecule has 1 amide bonds. The predicted octanol–water partition coefficient (Wildman–Crippen LogP) is 3.61. The van der Waals surface area contributed by atoms with Gasteiger partial charge in [0.05, 0.1) is 6.10 Å². The van der Waals surface area contributed by atoms with E-state index in [1.165, 1.54) is 0 Å². The molecule has 25 heavy (non-hydrogen) atoms. The molecule has 1 radical (unpaired) electrons. The van der Waals surface area contributed by atoms with Crippen LogP contribution in [0.4, 0.5) is 0 Å². The van der Waals surface area contributed by atoms with Gasteiger partial charge in [0.1, 0.15) is 0 Å². The summed E-state index contributed by atoms with van der Waals surface area (Å²) in [7, 11) is 0. The number of carbonyl (C=O) groups excluding carboxylic acids is 1. The first-order valence-corrected chi connectivity index (χ1v) is 9.62. The standard InChI is InChI=1S/C21H35N2O2/c1-4-5-9-12-23-21(25)15-18(17-10-7-6-8-11-17)14-20(24)19(22)13-16(2)3/h6-8,10-11,16,18-20,24H,4-5,9,12-15,22H2,1-3H3/t18-,19?,20?/m0/s1. The van der Waals surface area contributed by atoms with E-state index in [0.29, 0.717) is 25.3 Å². The van der Waals surface area contributed by atoms with Gasteiger partial charge < -0.3 is 10.8 Å². The highest BCUT2D eigenvalue weighted by Crippen LogP contribution is 2.26. The lowest BCUT2D eigenvalue weighted by Crippen LogP contribution is -2.37. The molecule has 3 N–H and O–H groups in total. The van der Waals surface area contributed by atoms with Gasteiger partial charge in [0.15, 0.2) is 0 Å². The molecule has 3 atom stereocenters. The van der Waals surface area contributed by atoms with E-state index >= 15 is 0 Å². The van der Waals surface area contributed by atoms with Gasteiger partial charge in [-0.3, -0.25) is 10.1 Å². The molecule has 2 unspecified atom stereocenters. The lowest BCUT2D eigenvalue weighted by atomic mass is 9.86. The Labute approximate surface area is 153 Å². The van der Waals surface area contributed by atoms with E-state index in [0.717, 1.165) is 31.2 Å². The summed E-state index contributed by atoms with van der Waals surface area (Å²) in [5, 5.41) is 14.7. The lowest BCUT2D eigenvalue weighted by molar-refractivity contribution is -0.121. The van der Waals surface area contributed by atoms with E-state index in [1.54, 1.807) is 0 Å². The lowest BCUT2D eigenvalue weighted by Gasteiger charge is -2.25. The summed E-state index contributed by atoms with van der Waals surface area (Å²) >= 11 is 0. The molecule has 141 valence electrons. The van der Waals surface area contributed by atoms with Crippen LogP contribution in [0, 0.1) is 5.92 Å². The van der Waals surface area contributed by atoms with Crippen molar-refractivity contribution in [2.24, 2.45) is 11.7 Å². The van der Waals surface area contributed by atoms with E-state index in [1.807, 2.05) is 30.3 Å². The zero-order valence-electron chi connectivity index (χ0n) is 16.0. The Balaban J connectivity index is 2.66. The second-order valence-electron chi connectivity index (χ2n) is 7.39. The fourth-order valence-corrected chi connectivity index (χ4v) is 3.07. The van der Waals surface area contributed by atoms with Crippen LogP contribution in [-0.4, -0.2) is 29.7 Å². The molecule has 0 spiro atoms. The molecule has 0 aliphatic carbocycles. The monoisotopic (exact) mass is 347 g/mol. The maximum Gasteiger partial charge on any atom is 0.241 e. The molecular weight excluding hydrogens is 312 g/mol. The molecule has 0 aliphatic rings. The van der Waals surface area contributed by atoms with E-state index in [2.05, 4.69) is 26.1 Å². The molecule has 1 rings (SSSR count). The van der Waals surface area contributed by atoms with E-state index in [-0.39, 0.29) is 17.9 Å². The summed E-state index contributed by atoms with van der Waals surface area (Å²) in [4.78, 5) is 12.2. The maximum atomic E-state index is 12.2. The van der Waals surface area contributed by atoms with Crippen LogP contribution < -0.4 is 11.1 Å². The maximum absolute atomic E-state index is 12.2. The third kappa shape index (κ3) is 9.03. The molecule has 1 aromatic carbocycles. The number of hydrogen-bond acceptors (Lipinski definition) is 3. The first-order chi connectivity index (χ1) is 11.9. The summed E-state index contributed by atoms with van der Waals surface area (Å²) in [6.07, 6.45) is 4.17. The van der Waals surface area contributed by atoms with Gasteiger partial charge in [-0.05, 0) is 36.7 Å². The largest absolute Gasteiger partial charge is 0.391 e. The Bertz CT molecular complexity index is 476. The Morgan fingerprint density at radius 3 is 2.44 bits per heavy atom. The van der Waals surface area contributed by atoms with Crippen molar-refractivity contribution < 1.29 is 9.90 Å². The number of nitrogens with zero attached hydrogens (tertiary/aromatic N) is 1. The smallest absolute Gasteiger partial charge is 0.241 e. The average molecular weight is 348 g/mol. The predicted molar refractivity (Wildman–Crippen MR) is 103 cm³/mol. The second-order valence-corrected chi connectivity index (χ2v) is 7.39. The average Bonchev–Trinajstić information content (AvgIpc) is 2.58. The molecule has 1 aromatic rings. The Morgan fingerprint density at radius 2 is 1.84 bits per heavy atom. The fourth-order valence-electron chi connectivity index (χ4n) is 3.07. The molecule has 0 fully saturated rings. The number of carbonyl (C=O) groups is 1. The number of nitrogens with two attached hydrogens (primary N) is 1. The molecule has 4 heteroatoms. The van der Waals surface area contributed by atoms with E-state index < -0.39 is 6.10 Å². The fraction of sp³-hybridized carbons (Fsp3) is 0.667. The molecule has 0 heterocycles. The number of amides is 1. The van der Waals surface area contributed by atoms with Crippen molar-refractivity contribution in [3.05, 3.63) is 35.9 Å². The van der Waals surface area contributed by atoms with Crippen molar-refractivity contribution in [3.63, 3.8) is 0 Å². The first-order valence-electron chi connectivity index (χ1n) is 9.62. The summed E-state index contributed by atoms with van der Waals surface area (Å²) in [6, 6.07) is 9.64. The van der Waals surface area contributed by atoms with Crippen LogP contribution in [-0.2, 0) is 4.79 Å². The highest BCUT2D eigenvalue weighted by molar-refractivity contribution is 5.76. The van der Waals surface area contributed by atoms with Gasteiger partial charge in [-0.2, -0.15) is 0 Å². The minimum atomic E-state index is -0.611. The second kappa shape index (κ2) is 12.0. The number of aliphatic hydroxyl groups is 1. The van der Waals surface area contributed by atoms with E-state index in [9.17, 15) is 9.90 Å². The van der Waals surface area contributed by atoms with Gasteiger partial charge in [0.2, 0.25) is 5.91 Å². The van der Waals surface area contributed by atoms with Crippen LogP contribution in [0.3, 0.4) is 0 Å². The minimum absolute atomic E-state index is 0.0446. The van der Waals surface area contributed by atoms with Crippen molar-refractivity contribution >= 4 is 5.91 Å². The molecule has 4 nitrogen and oxygen atoms in total. The Hall–Kier alpha value is -1.39. The van der Waals surface area contributed by atoms with E-state index in [4.69, 9.17) is 5.73 Å². The highest BCUT2D eigenvalue weighted by Gasteiger charge is 2.24. The SMILES string of the molecule is CCCCC[N]C(=O)C[C@H](CC(O)C(N)CC(C)C)c1ccccc1. The van der Waals surface area contributed by atoms with Crippen LogP contribution in [0.2, 0.25) is 0 Å². The van der Waals surface area contributed by atoms with Gasteiger partial charge in [-0.15, -0.1) is 0 Å². The van der Waals surface area contributed by atoms with Gasteiger partial charge in [0, 0.05) is 19.0 Å². The zero-order valence-corrected chi connectivity index (χ0v) is 16.0. The van der Waals surface area contributed by atoms with Crippen LogP contribution in [0.15, 0.2) is 30.3 Å². The minimum Gasteiger partial charge on any atom is -0.391 e. The third-order valence-electron chi connectivity index (χ3n) is 4.51. The summed E-state index contributed by atoms with van der Waals surface area (Å²) in [5.74, 6) is 0.321. The van der Waals surface area contributed by atoms with Crippen molar-refractivity contribution in [2.45, 2.75) is 77.4 Å². The summed E-state index contributed by atoms with van der Waals surface area (Å²) < 4.78 is 0. The summed E-state index contributed by atoms with van der Waals surface area (Å²) in [5.41, 5.74) is 7.20. The number of hydrogen-bond donors (Lipinski definition) is 2. The normalized spacial score (nSPS) is 15.0. The van der Waals surface area contributed by atoms with Gasteiger partial charge >= 0.3 is 0 Å². The summed E-state index contributed by atoms with van der Waals surface area (Å²) in [6.45, 7) is 6.93. The van der Waals surface area contributed by atoms with Crippen molar-refractivity contribution in [1.82, 2.24) is 5.32 Å². The van der Waals surface area contributed by atoms with Crippen LogP contribution >= 0.6 is 0 Å². The van der Waals surface area contributed by atoms with Gasteiger partial charge in [-0.25, -0.2) is 0 Å². The van der Waals surface area contributed by atoms with Crippen molar-refractivity contribution in [1.29, 1.82) is 0 Å². The molecule has 0 saturated carbocycles. The first kappa shape index (κ1) is 21.7. The topological polar surface area (TPSA) is 77.4 Å². The van der Waals surface area contributed by atoms with Gasteiger partial charge in [0.25, 0.3) is 0 Å². The van der Waals surface area contributed by atoms with Crippen LogP contribution in [0.1, 0.15) is 70.8 Å². The molecule has 0 saturated heterocycles. The Kier molecular flexibility index (Phi) is 10.4. The van der Waals surface area contributed by atoms with Gasteiger partial charge in [-0.1, -0.05) is 63.9 Å². The number of rotatable bonds is 12. The molecule has 0 aromatic heterocycles. The number of unbranched alkanes of at least 4 members (excludes halogenated alkanes) is 2. The molecule has 0 bridgehead atoms. The third-order valence-corrected chi connectivity index (χ3v) is 4.51. The van der Waals surface area contributed by atoms with Crippen LogP contribution in [0.25, 0.3) is 0 Å². The van der Waals surface area contributed by atoms with Crippen molar-refractivity contribution in [2.75, 3.05) is 6.54 Å². The van der Waals surface area contributed by atoms with Crippen LogP contribution in [0.5, 0.6) is 0 Å². The Morgan fingerprint density at radius 1 is 1.16 bits per heavy atom. The number of aliphatic hydroxyl groups excluding tert-OH is 1. The van der Waals surface area contributed by atoms with Crippen molar-refractivity contribution in [3.8, 4) is 0 Å². The quantitative estimate of drug-likeness (QED) is 0.567. The molecular formula is C21H35N2O2.